The lowest BCUT2D eigenvalue weighted by Gasteiger charge is -2.25. The Kier molecular flexibility index (Phi) is 3.18. The zero-order valence-corrected chi connectivity index (χ0v) is 12.4. The molecular formula is C17H25NO. The van der Waals surface area contributed by atoms with Gasteiger partial charge in [-0.1, -0.05) is 17.7 Å². The molecule has 19 heavy (non-hydrogen) atoms. The summed E-state index contributed by atoms with van der Waals surface area (Å²) >= 11 is 0. The van der Waals surface area contributed by atoms with Crippen molar-refractivity contribution in [3.05, 3.63) is 34.4 Å². The van der Waals surface area contributed by atoms with E-state index in [4.69, 9.17) is 0 Å². The maximum atomic E-state index is 10.9. The van der Waals surface area contributed by atoms with Gasteiger partial charge in [0.15, 0.2) is 0 Å². The molecule has 0 amide bonds. The monoisotopic (exact) mass is 259 g/mol. The molecule has 1 aromatic carbocycles. The standard InChI is InChI=1S/C17H25NO/c1-12-8-13(2)16(14(3)9-12)10-17(19)6-7-18(11-17)15-4-5-15/h8-9,15,19H,4-7,10-11H2,1-3H3. The fourth-order valence-corrected chi connectivity index (χ4v) is 3.60. The summed E-state index contributed by atoms with van der Waals surface area (Å²) in [7, 11) is 0. The minimum absolute atomic E-state index is 0.507. The summed E-state index contributed by atoms with van der Waals surface area (Å²) in [5.41, 5.74) is 4.82. The molecule has 2 fully saturated rings. The van der Waals surface area contributed by atoms with Gasteiger partial charge in [-0.25, -0.2) is 0 Å². The van der Waals surface area contributed by atoms with Crippen LogP contribution < -0.4 is 0 Å². The molecule has 1 saturated carbocycles. The number of rotatable bonds is 3. The molecule has 2 heteroatoms. The zero-order chi connectivity index (χ0) is 13.6. The Morgan fingerprint density at radius 1 is 1.21 bits per heavy atom. The van der Waals surface area contributed by atoms with E-state index in [0.29, 0.717) is 0 Å². The van der Waals surface area contributed by atoms with Crippen molar-refractivity contribution in [3.63, 3.8) is 0 Å². The van der Waals surface area contributed by atoms with Crippen LogP contribution in [-0.2, 0) is 6.42 Å². The van der Waals surface area contributed by atoms with E-state index in [1.165, 1.54) is 35.1 Å². The van der Waals surface area contributed by atoms with Gasteiger partial charge in [-0.05, 0) is 56.7 Å². The van der Waals surface area contributed by atoms with E-state index >= 15 is 0 Å². The molecule has 3 rings (SSSR count). The molecule has 0 bridgehead atoms. The van der Waals surface area contributed by atoms with Crippen LogP contribution in [0.1, 0.15) is 41.5 Å². The summed E-state index contributed by atoms with van der Waals surface area (Å²) in [5, 5.41) is 10.9. The molecule has 1 aliphatic carbocycles. The quantitative estimate of drug-likeness (QED) is 0.902. The summed E-state index contributed by atoms with van der Waals surface area (Å²) in [6.07, 6.45) is 4.40. The Morgan fingerprint density at radius 2 is 1.84 bits per heavy atom. The highest BCUT2D eigenvalue weighted by Crippen LogP contribution is 2.35. The maximum Gasteiger partial charge on any atom is 0.0826 e. The molecule has 1 saturated heterocycles. The fourth-order valence-electron chi connectivity index (χ4n) is 3.60. The molecule has 1 atom stereocenters. The minimum Gasteiger partial charge on any atom is -0.388 e. The summed E-state index contributed by atoms with van der Waals surface area (Å²) in [6.45, 7) is 8.43. The second-order valence-corrected chi connectivity index (χ2v) is 6.73. The molecule has 2 aliphatic rings. The first-order valence-corrected chi connectivity index (χ1v) is 7.50. The number of hydrogen-bond donors (Lipinski definition) is 1. The molecule has 0 radical (unpaired) electrons. The highest BCUT2D eigenvalue weighted by Gasteiger charge is 2.42. The van der Waals surface area contributed by atoms with Crippen LogP contribution in [0.2, 0.25) is 0 Å². The first-order valence-electron chi connectivity index (χ1n) is 7.50. The van der Waals surface area contributed by atoms with E-state index < -0.39 is 5.60 Å². The third-order valence-electron chi connectivity index (χ3n) is 4.77. The Morgan fingerprint density at radius 3 is 2.42 bits per heavy atom. The Bertz CT molecular complexity index is 469. The number of nitrogens with zero attached hydrogens (tertiary/aromatic N) is 1. The molecule has 0 aromatic heterocycles. The van der Waals surface area contributed by atoms with Gasteiger partial charge in [-0.15, -0.1) is 0 Å². The second kappa shape index (κ2) is 4.60. The third-order valence-corrected chi connectivity index (χ3v) is 4.77. The summed E-state index contributed by atoms with van der Waals surface area (Å²) in [6, 6.07) is 5.24. The van der Waals surface area contributed by atoms with Crippen molar-refractivity contribution in [2.75, 3.05) is 13.1 Å². The highest BCUT2D eigenvalue weighted by atomic mass is 16.3. The number of aryl methyl sites for hydroxylation is 3. The van der Waals surface area contributed by atoms with Gasteiger partial charge in [0.05, 0.1) is 5.60 Å². The van der Waals surface area contributed by atoms with Crippen LogP contribution in [0.4, 0.5) is 0 Å². The second-order valence-electron chi connectivity index (χ2n) is 6.73. The molecule has 1 heterocycles. The number of likely N-dealkylation sites (tertiary alicyclic amines) is 1. The number of aliphatic hydroxyl groups is 1. The van der Waals surface area contributed by atoms with Crippen LogP contribution in [0.15, 0.2) is 12.1 Å². The number of benzene rings is 1. The van der Waals surface area contributed by atoms with Crippen molar-refractivity contribution >= 4 is 0 Å². The van der Waals surface area contributed by atoms with Crippen LogP contribution in [0.25, 0.3) is 0 Å². The van der Waals surface area contributed by atoms with Gasteiger partial charge in [-0.2, -0.15) is 0 Å². The van der Waals surface area contributed by atoms with E-state index in [1.807, 2.05) is 0 Å². The highest BCUT2D eigenvalue weighted by molar-refractivity contribution is 5.38. The van der Waals surface area contributed by atoms with E-state index in [2.05, 4.69) is 37.8 Å². The Hall–Kier alpha value is -0.860. The van der Waals surface area contributed by atoms with Crippen molar-refractivity contribution in [2.45, 2.75) is 58.1 Å². The van der Waals surface area contributed by atoms with Crippen molar-refractivity contribution in [1.29, 1.82) is 0 Å². The van der Waals surface area contributed by atoms with Crippen LogP contribution in [-0.4, -0.2) is 34.7 Å². The average molecular weight is 259 g/mol. The maximum absolute atomic E-state index is 10.9. The predicted octanol–water partition coefficient (Wildman–Crippen LogP) is 2.75. The fraction of sp³-hybridized carbons (Fsp3) is 0.647. The van der Waals surface area contributed by atoms with Crippen LogP contribution in [0.5, 0.6) is 0 Å². The summed E-state index contributed by atoms with van der Waals surface area (Å²) in [5.74, 6) is 0. The van der Waals surface area contributed by atoms with Crippen LogP contribution >= 0.6 is 0 Å². The van der Waals surface area contributed by atoms with Gasteiger partial charge in [0.1, 0.15) is 0 Å². The lowest BCUT2D eigenvalue weighted by atomic mass is 9.88. The van der Waals surface area contributed by atoms with Crippen LogP contribution in [0, 0.1) is 20.8 Å². The first-order chi connectivity index (χ1) is 8.97. The van der Waals surface area contributed by atoms with E-state index in [-0.39, 0.29) is 0 Å². The molecule has 0 spiro atoms. The SMILES string of the molecule is Cc1cc(C)c(CC2(O)CCN(C3CC3)C2)c(C)c1. The minimum atomic E-state index is -0.507. The molecule has 1 N–H and O–H groups in total. The molecule has 1 aromatic rings. The van der Waals surface area contributed by atoms with Gasteiger partial charge in [0.2, 0.25) is 0 Å². The van der Waals surface area contributed by atoms with Gasteiger partial charge in [0.25, 0.3) is 0 Å². The van der Waals surface area contributed by atoms with Gasteiger partial charge in [-0.3, -0.25) is 4.90 Å². The van der Waals surface area contributed by atoms with Crippen molar-refractivity contribution in [3.8, 4) is 0 Å². The molecule has 1 aliphatic heterocycles. The first kappa shape index (κ1) is 13.1. The van der Waals surface area contributed by atoms with Crippen molar-refractivity contribution in [2.24, 2.45) is 0 Å². The topological polar surface area (TPSA) is 23.5 Å². The lowest BCUT2D eigenvalue weighted by molar-refractivity contribution is 0.0484. The van der Waals surface area contributed by atoms with Crippen LogP contribution in [0.3, 0.4) is 0 Å². The number of β-amino-alcohol motifs (C(OH)–C–C–N with tert-alkyl or cyclic N) is 1. The predicted molar refractivity (Wildman–Crippen MR) is 78.5 cm³/mol. The average Bonchev–Trinajstić information content (AvgIpc) is 3.09. The van der Waals surface area contributed by atoms with E-state index in [0.717, 1.165) is 32.0 Å². The van der Waals surface area contributed by atoms with Gasteiger partial charge >= 0.3 is 0 Å². The van der Waals surface area contributed by atoms with Gasteiger partial charge in [0, 0.05) is 25.6 Å². The summed E-state index contributed by atoms with van der Waals surface area (Å²) < 4.78 is 0. The Balaban J connectivity index is 1.77. The molecular weight excluding hydrogens is 234 g/mol. The normalized spacial score (nSPS) is 28.0. The van der Waals surface area contributed by atoms with Crippen molar-refractivity contribution < 1.29 is 5.11 Å². The van der Waals surface area contributed by atoms with E-state index in [1.54, 1.807) is 0 Å². The Labute approximate surface area is 116 Å². The van der Waals surface area contributed by atoms with Crippen molar-refractivity contribution in [1.82, 2.24) is 4.90 Å². The summed E-state index contributed by atoms with van der Waals surface area (Å²) in [4.78, 5) is 2.48. The third kappa shape index (κ3) is 2.70. The smallest absolute Gasteiger partial charge is 0.0826 e. The number of hydrogen-bond acceptors (Lipinski definition) is 2. The molecule has 2 nitrogen and oxygen atoms in total. The van der Waals surface area contributed by atoms with Gasteiger partial charge < -0.3 is 5.11 Å². The zero-order valence-electron chi connectivity index (χ0n) is 12.4. The molecule has 1 unspecified atom stereocenters. The lowest BCUT2D eigenvalue weighted by Crippen LogP contribution is -2.36. The molecule has 104 valence electrons. The largest absolute Gasteiger partial charge is 0.388 e. The van der Waals surface area contributed by atoms with E-state index in [9.17, 15) is 5.11 Å².